The zero-order chi connectivity index (χ0) is 15.1. The van der Waals surface area contributed by atoms with Crippen molar-refractivity contribution in [3.05, 3.63) is 16.1 Å². The monoisotopic (exact) mass is 310 g/mol. The van der Waals surface area contributed by atoms with E-state index in [9.17, 15) is 4.79 Å². The second kappa shape index (κ2) is 8.46. The Morgan fingerprint density at radius 3 is 3.14 bits per heavy atom. The van der Waals surface area contributed by atoms with E-state index >= 15 is 0 Å². The van der Waals surface area contributed by atoms with Gasteiger partial charge < -0.3 is 11.1 Å². The van der Waals surface area contributed by atoms with Gasteiger partial charge in [-0.2, -0.15) is 0 Å². The number of thiazole rings is 1. The van der Waals surface area contributed by atoms with Crippen LogP contribution in [0.5, 0.6) is 0 Å². The van der Waals surface area contributed by atoms with E-state index in [4.69, 9.17) is 5.73 Å². The van der Waals surface area contributed by atoms with Gasteiger partial charge in [0.25, 0.3) is 5.91 Å². The maximum atomic E-state index is 12.1. The van der Waals surface area contributed by atoms with Gasteiger partial charge in [-0.15, -0.1) is 11.3 Å². The molecule has 1 aromatic rings. The summed E-state index contributed by atoms with van der Waals surface area (Å²) in [5, 5.41) is 5.63. The number of nitrogens with one attached hydrogen (secondary N) is 1. The summed E-state index contributed by atoms with van der Waals surface area (Å²) in [7, 11) is 0. The maximum Gasteiger partial charge on any atom is 0.270 e. The zero-order valence-corrected chi connectivity index (χ0v) is 13.6. The Balaban J connectivity index is 1.83. The molecule has 1 atom stereocenters. The lowest BCUT2D eigenvalue weighted by Gasteiger charge is -2.35. The summed E-state index contributed by atoms with van der Waals surface area (Å²) in [6.45, 7) is 5.64. The molecule has 0 spiro atoms. The Bertz CT molecular complexity index is 449. The Morgan fingerprint density at radius 2 is 2.43 bits per heavy atom. The summed E-state index contributed by atoms with van der Waals surface area (Å²) in [5.41, 5.74) is 6.03. The fourth-order valence-electron chi connectivity index (χ4n) is 2.76. The van der Waals surface area contributed by atoms with Gasteiger partial charge in [-0.1, -0.05) is 19.8 Å². The molecule has 1 aliphatic rings. The third-order valence-corrected chi connectivity index (χ3v) is 4.88. The van der Waals surface area contributed by atoms with Gasteiger partial charge in [-0.3, -0.25) is 9.69 Å². The van der Waals surface area contributed by atoms with Gasteiger partial charge in [0.1, 0.15) is 10.7 Å². The number of hydrogen-bond acceptors (Lipinski definition) is 5. The lowest BCUT2D eigenvalue weighted by Crippen LogP contribution is -2.47. The van der Waals surface area contributed by atoms with Crippen molar-refractivity contribution < 1.29 is 4.79 Å². The molecular weight excluding hydrogens is 284 g/mol. The smallest absolute Gasteiger partial charge is 0.270 e. The van der Waals surface area contributed by atoms with Crippen LogP contribution in [0, 0.1) is 0 Å². The molecule has 1 aliphatic heterocycles. The van der Waals surface area contributed by atoms with Gasteiger partial charge >= 0.3 is 0 Å². The first-order valence-corrected chi connectivity index (χ1v) is 8.79. The molecule has 6 heteroatoms. The number of nitrogens with zero attached hydrogens (tertiary/aromatic N) is 2. The fourth-order valence-corrected chi connectivity index (χ4v) is 3.41. The van der Waals surface area contributed by atoms with Crippen LogP contribution in [0.25, 0.3) is 0 Å². The number of carbonyl (C=O) groups is 1. The molecule has 118 valence electrons. The predicted molar refractivity (Wildman–Crippen MR) is 86.5 cm³/mol. The summed E-state index contributed by atoms with van der Waals surface area (Å²) < 4.78 is 0. The minimum atomic E-state index is -0.0769. The molecule has 0 aromatic carbocycles. The molecule has 21 heavy (non-hydrogen) atoms. The van der Waals surface area contributed by atoms with E-state index in [1.54, 1.807) is 5.38 Å². The third-order valence-electron chi connectivity index (χ3n) is 4.01. The van der Waals surface area contributed by atoms with Gasteiger partial charge in [0.15, 0.2) is 0 Å². The number of amides is 1. The largest absolute Gasteiger partial charge is 0.349 e. The number of unbranched alkanes of at least 4 members (excludes halogenated alkanes) is 1. The van der Waals surface area contributed by atoms with E-state index in [0.717, 1.165) is 24.6 Å². The standard InChI is InChI=1S/C15H26N4OS/c1-2-3-7-19-8-5-4-6-12(19)10-17-15(20)13-11-21-14(9-16)18-13/h11-12H,2-10,16H2,1H3,(H,17,20). The molecular formula is C15H26N4OS. The van der Waals surface area contributed by atoms with Crippen molar-refractivity contribution in [3.8, 4) is 0 Å². The number of aromatic nitrogens is 1. The summed E-state index contributed by atoms with van der Waals surface area (Å²) in [6, 6.07) is 0.474. The first-order chi connectivity index (χ1) is 10.2. The third kappa shape index (κ3) is 4.76. The summed E-state index contributed by atoms with van der Waals surface area (Å²) in [6.07, 6.45) is 6.17. The van der Waals surface area contributed by atoms with Crippen molar-refractivity contribution in [2.45, 2.75) is 51.6 Å². The van der Waals surface area contributed by atoms with E-state index in [1.165, 1.54) is 43.4 Å². The van der Waals surface area contributed by atoms with Gasteiger partial charge in [-0.25, -0.2) is 4.98 Å². The van der Waals surface area contributed by atoms with Crippen molar-refractivity contribution >= 4 is 17.2 Å². The second-order valence-electron chi connectivity index (χ2n) is 5.58. The number of nitrogens with two attached hydrogens (primary N) is 1. The summed E-state index contributed by atoms with van der Waals surface area (Å²) in [5.74, 6) is -0.0769. The number of hydrogen-bond donors (Lipinski definition) is 2. The number of likely N-dealkylation sites (tertiary alicyclic amines) is 1. The molecule has 1 amide bonds. The van der Waals surface area contributed by atoms with Crippen molar-refractivity contribution in [2.24, 2.45) is 5.73 Å². The van der Waals surface area contributed by atoms with Crippen molar-refractivity contribution in [2.75, 3.05) is 19.6 Å². The van der Waals surface area contributed by atoms with Gasteiger partial charge in [-0.05, 0) is 32.4 Å². The normalized spacial score (nSPS) is 19.6. The molecule has 0 radical (unpaired) electrons. The van der Waals surface area contributed by atoms with Crippen molar-refractivity contribution in [1.29, 1.82) is 0 Å². The molecule has 1 unspecified atom stereocenters. The summed E-state index contributed by atoms with van der Waals surface area (Å²) in [4.78, 5) is 18.9. The van der Waals surface area contributed by atoms with Gasteiger partial charge in [0.2, 0.25) is 0 Å². The first-order valence-electron chi connectivity index (χ1n) is 7.91. The molecule has 5 nitrogen and oxygen atoms in total. The Labute approximate surface area is 130 Å². The SMILES string of the molecule is CCCCN1CCCCC1CNC(=O)c1csc(CN)n1. The minimum absolute atomic E-state index is 0.0769. The highest BCUT2D eigenvalue weighted by atomic mass is 32.1. The highest BCUT2D eigenvalue weighted by Crippen LogP contribution is 2.17. The van der Waals surface area contributed by atoms with Crippen molar-refractivity contribution in [1.82, 2.24) is 15.2 Å². The number of carbonyl (C=O) groups excluding carboxylic acids is 1. The van der Waals surface area contributed by atoms with Crippen LogP contribution in [-0.4, -0.2) is 41.5 Å². The lowest BCUT2D eigenvalue weighted by molar-refractivity contribution is 0.0908. The Morgan fingerprint density at radius 1 is 1.57 bits per heavy atom. The second-order valence-corrected chi connectivity index (χ2v) is 6.52. The molecule has 0 bridgehead atoms. The Hall–Kier alpha value is -0.980. The van der Waals surface area contributed by atoms with Crippen LogP contribution in [0.1, 0.15) is 54.5 Å². The molecule has 2 heterocycles. The van der Waals surface area contributed by atoms with Crippen LogP contribution in [0.2, 0.25) is 0 Å². The molecule has 2 rings (SSSR count). The van der Waals surface area contributed by atoms with Crippen LogP contribution >= 0.6 is 11.3 Å². The van der Waals surface area contributed by atoms with Crippen molar-refractivity contribution in [3.63, 3.8) is 0 Å². The highest BCUT2D eigenvalue weighted by molar-refractivity contribution is 7.09. The van der Waals surface area contributed by atoms with Gasteiger partial charge in [0, 0.05) is 24.5 Å². The maximum absolute atomic E-state index is 12.1. The molecule has 1 fully saturated rings. The minimum Gasteiger partial charge on any atom is -0.349 e. The first kappa shape index (κ1) is 16.4. The quantitative estimate of drug-likeness (QED) is 0.808. The van der Waals surface area contributed by atoms with E-state index < -0.39 is 0 Å². The highest BCUT2D eigenvalue weighted by Gasteiger charge is 2.22. The lowest BCUT2D eigenvalue weighted by atomic mass is 10.0. The van der Waals surface area contributed by atoms with Crippen LogP contribution in [-0.2, 0) is 6.54 Å². The molecule has 1 aromatic heterocycles. The average molecular weight is 310 g/mol. The van der Waals surface area contributed by atoms with Crippen LogP contribution in [0.4, 0.5) is 0 Å². The zero-order valence-electron chi connectivity index (χ0n) is 12.8. The predicted octanol–water partition coefficient (Wildman–Crippen LogP) is 1.99. The fraction of sp³-hybridized carbons (Fsp3) is 0.733. The van der Waals surface area contributed by atoms with E-state index in [0.29, 0.717) is 18.3 Å². The molecule has 0 aliphatic carbocycles. The Kier molecular flexibility index (Phi) is 6.60. The van der Waals surface area contributed by atoms with Crippen LogP contribution in [0.3, 0.4) is 0 Å². The molecule has 0 saturated carbocycles. The topological polar surface area (TPSA) is 71.2 Å². The number of piperidine rings is 1. The molecule has 3 N–H and O–H groups in total. The van der Waals surface area contributed by atoms with E-state index in [1.807, 2.05) is 0 Å². The van der Waals surface area contributed by atoms with Crippen LogP contribution < -0.4 is 11.1 Å². The van der Waals surface area contributed by atoms with E-state index in [2.05, 4.69) is 22.1 Å². The van der Waals surface area contributed by atoms with E-state index in [-0.39, 0.29) is 5.91 Å². The molecule has 1 saturated heterocycles. The average Bonchev–Trinajstić information content (AvgIpc) is 3.00. The van der Waals surface area contributed by atoms with Gasteiger partial charge in [0.05, 0.1) is 0 Å². The number of rotatable bonds is 7. The summed E-state index contributed by atoms with van der Waals surface area (Å²) >= 11 is 1.44. The van der Waals surface area contributed by atoms with Crippen LogP contribution in [0.15, 0.2) is 5.38 Å².